The number of carbonyl (C=O) groups excluding carboxylic acids is 1. The van der Waals surface area contributed by atoms with Crippen molar-refractivity contribution in [1.29, 1.82) is 0 Å². The minimum atomic E-state index is -0.605. The smallest absolute Gasteiger partial charge is 0.444 e. The zero-order valence-electron chi connectivity index (χ0n) is 17.3. The molecule has 2 aliphatic heterocycles. The first-order valence-corrected chi connectivity index (χ1v) is 9.41. The first-order valence-electron chi connectivity index (χ1n) is 9.41. The van der Waals surface area contributed by atoms with Gasteiger partial charge in [0.15, 0.2) is 0 Å². The number of nitrogens with zero attached hydrogens (tertiary/aromatic N) is 1. The molecule has 0 atom stereocenters. The fraction of sp³-hybridized carbons (Fsp3) is 0.650. The molecule has 148 valence electrons. The highest BCUT2D eigenvalue weighted by atomic mass is 19.1. The molecule has 0 radical (unpaired) electrons. The topological polar surface area (TPSA) is 48.0 Å². The van der Waals surface area contributed by atoms with Gasteiger partial charge in [0.05, 0.1) is 11.2 Å². The maximum Gasteiger partial charge on any atom is 0.494 e. The zero-order chi connectivity index (χ0) is 20.2. The second-order valence-electron chi connectivity index (χ2n) is 9.49. The van der Waals surface area contributed by atoms with Gasteiger partial charge in [0.25, 0.3) is 0 Å². The highest BCUT2D eigenvalue weighted by Crippen LogP contribution is 2.37. The van der Waals surface area contributed by atoms with Gasteiger partial charge in [-0.05, 0) is 71.6 Å². The van der Waals surface area contributed by atoms with E-state index in [-0.39, 0.29) is 17.8 Å². The summed E-state index contributed by atoms with van der Waals surface area (Å²) >= 11 is 0. The molecule has 0 saturated carbocycles. The fourth-order valence-electron chi connectivity index (χ4n) is 3.15. The quantitative estimate of drug-likeness (QED) is 0.741. The molecule has 1 amide bonds. The summed E-state index contributed by atoms with van der Waals surface area (Å²) in [4.78, 5) is 13.7. The van der Waals surface area contributed by atoms with Gasteiger partial charge in [-0.25, -0.2) is 9.18 Å². The lowest BCUT2D eigenvalue weighted by Gasteiger charge is -2.40. The Morgan fingerprint density at radius 2 is 1.70 bits per heavy atom. The summed E-state index contributed by atoms with van der Waals surface area (Å²) in [7, 11) is -0.605. The van der Waals surface area contributed by atoms with Crippen molar-refractivity contribution in [2.45, 2.75) is 71.2 Å². The Morgan fingerprint density at radius 1 is 1.15 bits per heavy atom. The van der Waals surface area contributed by atoms with Gasteiger partial charge in [-0.15, -0.1) is 0 Å². The summed E-state index contributed by atoms with van der Waals surface area (Å²) < 4.78 is 31.7. The number of ether oxygens (including phenoxy) is 1. The van der Waals surface area contributed by atoms with Crippen LogP contribution in [0.5, 0.6) is 0 Å². The van der Waals surface area contributed by atoms with Gasteiger partial charge in [-0.1, -0.05) is 6.07 Å². The van der Waals surface area contributed by atoms with E-state index in [0.29, 0.717) is 18.6 Å². The maximum absolute atomic E-state index is 14.2. The summed E-state index contributed by atoms with van der Waals surface area (Å²) in [6.07, 6.45) is -0.332. The first-order chi connectivity index (χ1) is 12.3. The van der Waals surface area contributed by atoms with Gasteiger partial charge < -0.3 is 18.9 Å². The Bertz CT molecular complexity index is 722. The van der Waals surface area contributed by atoms with E-state index in [1.165, 1.54) is 12.1 Å². The standard InChI is InChI=1S/C20H29BFNO4/c1-18(2,3)25-17(24)23-11-14(12-23)13-8-15(10-16(22)9-13)21-26-19(4,5)20(6,7)27-21/h8-10,14H,11-12H2,1-7H3. The Kier molecular flexibility index (Phi) is 4.84. The molecule has 1 aromatic rings. The molecular formula is C20H29BFNO4. The van der Waals surface area contributed by atoms with Crippen LogP contribution < -0.4 is 5.46 Å². The van der Waals surface area contributed by atoms with E-state index in [0.717, 1.165) is 5.56 Å². The number of halogens is 1. The third-order valence-corrected chi connectivity index (χ3v) is 5.47. The average molecular weight is 377 g/mol. The number of benzene rings is 1. The summed E-state index contributed by atoms with van der Waals surface area (Å²) in [5.41, 5.74) is 0.0339. The molecule has 2 saturated heterocycles. The fourth-order valence-corrected chi connectivity index (χ4v) is 3.15. The molecule has 2 aliphatic rings. The normalized spacial score (nSPS) is 21.9. The number of carbonyl (C=O) groups is 1. The molecule has 0 N–H and O–H groups in total. The van der Waals surface area contributed by atoms with E-state index < -0.39 is 23.9 Å². The second-order valence-corrected chi connectivity index (χ2v) is 9.49. The maximum atomic E-state index is 14.2. The number of hydrogen-bond donors (Lipinski definition) is 0. The van der Waals surface area contributed by atoms with Crippen molar-refractivity contribution in [3.05, 3.63) is 29.6 Å². The molecule has 1 aromatic carbocycles. The molecule has 3 rings (SSSR count). The highest BCUT2D eigenvalue weighted by molar-refractivity contribution is 6.62. The molecule has 2 fully saturated rings. The summed E-state index contributed by atoms with van der Waals surface area (Å²) in [5.74, 6) is -0.248. The molecule has 0 aromatic heterocycles. The SMILES string of the molecule is CC(C)(C)OC(=O)N1CC(c2cc(F)cc(B3OC(C)(C)C(C)(C)O3)c2)C1. The van der Waals surface area contributed by atoms with E-state index in [1.54, 1.807) is 4.90 Å². The van der Waals surface area contributed by atoms with Gasteiger partial charge in [0.1, 0.15) is 11.4 Å². The lowest BCUT2D eigenvalue weighted by molar-refractivity contribution is 0.00578. The van der Waals surface area contributed by atoms with Crippen LogP contribution in [0.2, 0.25) is 0 Å². The molecular weight excluding hydrogens is 348 g/mol. The largest absolute Gasteiger partial charge is 0.494 e. The van der Waals surface area contributed by atoms with Crippen LogP contribution in [0.25, 0.3) is 0 Å². The Morgan fingerprint density at radius 3 is 2.22 bits per heavy atom. The third kappa shape index (κ3) is 4.14. The minimum Gasteiger partial charge on any atom is -0.444 e. The van der Waals surface area contributed by atoms with Crippen molar-refractivity contribution in [1.82, 2.24) is 4.90 Å². The van der Waals surface area contributed by atoms with Crippen LogP contribution in [0.3, 0.4) is 0 Å². The average Bonchev–Trinajstić information content (AvgIpc) is 2.63. The van der Waals surface area contributed by atoms with Crippen LogP contribution in [0.4, 0.5) is 9.18 Å². The molecule has 2 heterocycles. The van der Waals surface area contributed by atoms with Gasteiger partial charge in [-0.2, -0.15) is 0 Å². The number of rotatable bonds is 2. The summed E-state index contributed by atoms with van der Waals surface area (Å²) in [6.45, 7) is 14.4. The molecule has 0 unspecified atom stereocenters. The third-order valence-electron chi connectivity index (χ3n) is 5.47. The Labute approximate surface area is 161 Å². The van der Waals surface area contributed by atoms with Crippen molar-refractivity contribution >= 4 is 18.7 Å². The number of amides is 1. The van der Waals surface area contributed by atoms with E-state index in [1.807, 2.05) is 54.5 Å². The Balaban J connectivity index is 1.70. The predicted octanol–water partition coefficient (Wildman–Crippen LogP) is 3.46. The van der Waals surface area contributed by atoms with Crippen molar-refractivity contribution in [2.75, 3.05) is 13.1 Å². The van der Waals surface area contributed by atoms with Crippen LogP contribution >= 0.6 is 0 Å². The number of likely N-dealkylation sites (tertiary alicyclic amines) is 1. The lowest BCUT2D eigenvalue weighted by atomic mass is 9.76. The van der Waals surface area contributed by atoms with Crippen LogP contribution in [0.1, 0.15) is 59.9 Å². The molecule has 5 nitrogen and oxygen atoms in total. The number of hydrogen-bond acceptors (Lipinski definition) is 4. The van der Waals surface area contributed by atoms with Crippen molar-refractivity contribution in [2.24, 2.45) is 0 Å². The van der Waals surface area contributed by atoms with Crippen LogP contribution in [0, 0.1) is 5.82 Å². The molecule has 0 bridgehead atoms. The van der Waals surface area contributed by atoms with E-state index in [2.05, 4.69) is 0 Å². The first kappa shape index (κ1) is 20.1. The molecule has 0 aliphatic carbocycles. The highest BCUT2D eigenvalue weighted by Gasteiger charge is 2.52. The zero-order valence-corrected chi connectivity index (χ0v) is 17.3. The lowest BCUT2D eigenvalue weighted by Crippen LogP contribution is -2.50. The predicted molar refractivity (Wildman–Crippen MR) is 103 cm³/mol. The van der Waals surface area contributed by atoms with Crippen LogP contribution in [0.15, 0.2) is 18.2 Å². The van der Waals surface area contributed by atoms with Crippen molar-refractivity contribution < 1.29 is 23.2 Å². The monoisotopic (exact) mass is 377 g/mol. The Hall–Kier alpha value is -1.60. The molecule has 7 heteroatoms. The van der Waals surface area contributed by atoms with Gasteiger partial charge >= 0.3 is 13.2 Å². The van der Waals surface area contributed by atoms with E-state index >= 15 is 0 Å². The van der Waals surface area contributed by atoms with Gasteiger partial charge in [0, 0.05) is 19.0 Å². The van der Waals surface area contributed by atoms with Crippen molar-refractivity contribution in [3.8, 4) is 0 Å². The summed E-state index contributed by atoms with van der Waals surface area (Å²) in [6, 6.07) is 4.89. The second kappa shape index (κ2) is 6.48. The van der Waals surface area contributed by atoms with Gasteiger partial charge in [0.2, 0.25) is 0 Å². The van der Waals surface area contributed by atoms with Crippen LogP contribution in [-0.4, -0.2) is 48.0 Å². The minimum absolute atomic E-state index is 0.0781. The summed E-state index contributed by atoms with van der Waals surface area (Å²) in [5, 5.41) is 0. The van der Waals surface area contributed by atoms with Crippen LogP contribution in [-0.2, 0) is 14.0 Å². The van der Waals surface area contributed by atoms with E-state index in [4.69, 9.17) is 14.0 Å². The van der Waals surface area contributed by atoms with Gasteiger partial charge in [-0.3, -0.25) is 0 Å². The molecule has 0 spiro atoms. The van der Waals surface area contributed by atoms with E-state index in [9.17, 15) is 9.18 Å². The molecule has 27 heavy (non-hydrogen) atoms. The van der Waals surface area contributed by atoms with Crippen molar-refractivity contribution in [3.63, 3.8) is 0 Å².